The van der Waals surface area contributed by atoms with E-state index >= 15 is 0 Å². The molecule has 0 atom stereocenters. The Hall–Kier alpha value is -3.24. The van der Waals surface area contributed by atoms with Gasteiger partial charge >= 0.3 is 12.1 Å². The maximum absolute atomic E-state index is 12.5. The molecule has 2 aromatic rings. The fourth-order valence-corrected chi connectivity index (χ4v) is 2.49. The Morgan fingerprint density at radius 3 is 2.22 bits per heavy atom. The SMILES string of the molecule is CC(=O)N1CC(=O)N(Cc2ccc(-c3noc(C(F)(F)F)n3)cc2)C(=O)C1. The summed E-state index contributed by atoms with van der Waals surface area (Å²) >= 11 is 0. The van der Waals surface area contributed by atoms with E-state index in [1.165, 1.54) is 31.2 Å². The molecule has 11 heteroatoms. The average molecular weight is 382 g/mol. The first kappa shape index (κ1) is 18.5. The van der Waals surface area contributed by atoms with E-state index in [1.54, 1.807) is 0 Å². The zero-order chi connectivity index (χ0) is 19.8. The Labute approximate surface area is 150 Å². The molecule has 3 rings (SSSR count). The van der Waals surface area contributed by atoms with Crippen molar-refractivity contribution in [2.75, 3.05) is 13.1 Å². The smallest absolute Gasteiger partial charge is 0.329 e. The number of hydrogen-bond acceptors (Lipinski definition) is 6. The summed E-state index contributed by atoms with van der Waals surface area (Å²) in [6.45, 7) is 0.908. The molecule has 0 unspecified atom stereocenters. The number of alkyl halides is 3. The van der Waals surface area contributed by atoms with E-state index in [0.29, 0.717) is 5.56 Å². The molecule has 1 fully saturated rings. The van der Waals surface area contributed by atoms with Gasteiger partial charge in [0.15, 0.2) is 0 Å². The number of carbonyl (C=O) groups excluding carboxylic acids is 3. The Morgan fingerprint density at radius 2 is 1.74 bits per heavy atom. The molecule has 1 aliphatic heterocycles. The van der Waals surface area contributed by atoms with Crippen LogP contribution in [-0.2, 0) is 27.1 Å². The van der Waals surface area contributed by atoms with E-state index in [0.717, 1.165) is 9.80 Å². The van der Waals surface area contributed by atoms with Gasteiger partial charge in [0.05, 0.1) is 6.54 Å². The summed E-state index contributed by atoms with van der Waals surface area (Å²) in [5.41, 5.74) is 0.869. The van der Waals surface area contributed by atoms with E-state index in [4.69, 9.17) is 0 Å². The van der Waals surface area contributed by atoms with Gasteiger partial charge in [-0.05, 0) is 5.56 Å². The third kappa shape index (κ3) is 3.96. The quantitative estimate of drug-likeness (QED) is 0.746. The van der Waals surface area contributed by atoms with E-state index in [9.17, 15) is 27.6 Å². The zero-order valence-electron chi connectivity index (χ0n) is 14.0. The molecule has 2 heterocycles. The predicted molar refractivity (Wildman–Crippen MR) is 82.5 cm³/mol. The van der Waals surface area contributed by atoms with Gasteiger partial charge in [-0.3, -0.25) is 19.3 Å². The third-order valence-electron chi connectivity index (χ3n) is 3.92. The molecule has 8 nitrogen and oxygen atoms in total. The summed E-state index contributed by atoms with van der Waals surface area (Å²) in [5.74, 6) is -3.03. The van der Waals surface area contributed by atoms with Crippen molar-refractivity contribution < 1.29 is 32.1 Å². The van der Waals surface area contributed by atoms with Crippen molar-refractivity contribution in [2.45, 2.75) is 19.6 Å². The standard InChI is InChI=1S/C16H13F3N4O4/c1-9(24)22-7-12(25)23(13(26)8-22)6-10-2-4-11(5-3-10)14-20-15(27-21-14)16(17,18)19/h2-5H,6-8H2,1H3. The van der Waals surface area contributed by atoms with E-state index in [2.05, 4.69) is 14.7 Å². The Balaban J connectivity index is 1.71. The van der Waals surface area contributed by atoms with Gasteiger partial charge in [0.1, 0.15) is 13.1 Å². The molecule has 1 aliphatic rings. The van der Waals surface area contributed by atoms with E-state index < -0.39 is 23.9 Å². The number of aromatic nitrogens is 2. The van der Waals surface area contributed by atoms with Crippen LogP contribution in [0.15, 0.2) is 28.8 Å². The van der Waals surface area contributed by atoms with Crippen LogP contribution >= 0.6 is 0 Å². The van der Waals surface area contributed by atoms with Gasteiger partial charge < -0.3 is 9.42 Å². The molecular formula is C16H13F3N4O4. The first-order chi connectivity index (χ1) is 12.6. The maximum atomic E-state index is 12.5. The number of hydrogen-bond donors (Lipinski definition) is 0. The van der Waals surface area contributed by atoms with Gasteiger partial charge in [-0.2, -0.15) is 18.2 Å². The van der Waals surface area contributed by atoms with Crippen LogP contribution in [0.2, 0.25) is 0 Å². The van der Waals surface area contributed by atoms with Gasteiger partial charge in [-0.1, -0.05) is 29.4 Å². The number of nitrogens with zero attached hydrogens (tertiary/aromatic N) is 4. The van der Waals surface area contributed by atoms with Crippen LogP contribution < -0.4 is 0 Å². The van der Waals surface area contributed by atoms with Crippen LogP contribution in [0.4, 0.5) is 13.2 Å². The van der Waals surface area contributed by atoms with Crippen LogP contribution in [-0.4, -0.2) is 50.8 Å². The molecule has 3 amide bonds. The van der Waals surface area contributed by atoms with Crippen LogP contribution in [0.25, 0.3) is 11.4 Å². The lowest BCUT2D eigenvalue weighted by Crippen LogP contribution is -2.54. The lowest BCUT2D eigenvalue weighted by atomic mass is 10.1. The van der Waals surface area contributed by atoms with Crippen molar-refractivity contribution >= 4 is 17.7 Å². The number of benzene rings is 1. The lowest BCUT2D eigenvalue weighted by Gasteiger charge is -2.32. The number of piperazine rings is 1. The summed E-state index contributed by atoms with van der Waals surface area (Å²) < 4.78 is 41.7. The molecule has 27 heavy (non-hydrogen) atoms. The second-order valence-corrected chi connectivity index (χ2v) is 5.87. The van der Waals surface area contributed by atoms with Gasteiger partial charge in [-0.15, -0.1) is 0 Å². The molecule has 1 aromatic carbocycles. The largest absolute Gasteiger partial charge is 0.471 e. The first-order valence-corrected chi connectivity index (χ1v) is 7.74. The van der Waals surface area contributed by atoms with Crippen molar-refractivity contribution in [1.29, 1.82) is 0 Å². The highest BCUT2D eigenvalue weighted by Gasteiger charge is 2.38. The monoisotopic (exact) mass is 382 g/mol. The first-order valence-electron chi connectivity index (χ1n) is 7.74. The molecule has 0 radical (unpaired) electrons. The minimum absolute atomic E-state index is 0.0102. The minimum Gasteiger partial charge on any atom is -0.329 e. The highest BCUT2D eigenvalue weighted by atomic mass is 19.4. The van der Waals surface area contributed by atoms with Crippen molar-refractivity contribution in [3.05, 3.63) is 35.7 Å². The Bertz CT molecular complexity index is 874. The second-order valence-electron chi connectivity index (χ2n) is 5.87. The topological polar surface area (TPSA) is 96.6 Å². The summed E-state index contributed by atoms with van der Waals surface area (Å²) in [6.07, 6.45) is -4.73. The van der Waals surface area contributed by atoms with Crippen LogP contribution in [0, 0.1) is 0 Å². The predicted octanol–water partition coefficient (Wildman–Crippen LogP) is 1.47. The summed E-state index contributed by atoms with van der Waals surface area (Å²) in [4.78, 5) is 40.9. The molecule has 0 spiro atoms. The minimum atomic E-state index is -4.73. The number of imide groups is 1. The number of rotatable bonds is 3. The number of amides is 3. The van der Waals surface area contributed by atoms with Crippen molar-refractivity contribution in [1.82, 2.24) is 19.9 Å². The van der Waals surface area contributed by atoms with Gasteiger partial charge in [0, 0.05) is 12.5 Å². The third-order valence-corrected chi connectivity index (χ3v) is 3.92. The fourth-order valence-electron chi connectivity index (χ4n) is 2.49. The van der Waals surface area contributed by atoms with Gasteiger partial charge in [0.25, 0.3) is 0 Å². The molecule has 0 saturated carbocycles. The van der Waals surface area contributed by atoms with Crippen molar-refractivity contribution in [3.8, 4) is 11.4 Å². The van der Waals surface area contributed by atoms with Crippen molar-refractivity contribution in [2.24, 2.45) is 0 Å². The molecule has 142 valence electrons. The van der Waals surface area contributed by atoms with Gasteiger partial charge in [0.2, 0.25) is 23.5 Å². The van der Waals surface area contributed by atoms with Crippen molar-refractivity contribution in [3.63, 3.8) is 0 Å². The highest BCUT2D eigenvalue weighted by Crippen LogP contribution is 2.29. The Kier molecular flexibility index (Phi) is 4.68. The number of carbonyl (C=O) groups is 3. The lowest BCUT2D eigenvalue weighted by molar-refractivity contribution is -0.159. The molecule has 0 bridgehead atoms. The molecular weight excluding hydrogens is 369 g/mol. The molecule has 1 aromatic heterocycles. The molecule has 0 aliphatic carbocycles. The highest BCUT2D eigenvalue weighted by molar-refractivity contribution is 6.02. The van der Waals surface area contributed by atoms with E-state index in [-0.39, 0.29) is 36.9 Å². The van der Waals surface area contributed by atoms with E-state index in [1.807, 2.05) is 0 Å². The van der Waals surface area contributed by atoms with Crippen LogP contribution in [0.5, 0.6) is 0 Å². The van der Waals surface area contributed by atoms with Crippen LogP contribution in [0.1, 0.15) is 18.4 Å². The zero-order valence-corrected chi connectivity index (χ0v) is 14.0. The second kappa shape index (κ2) is 6.82. The normalized spacial score (nSPS) is 15.4. The fraction of sp³-hybridized carbons (Fsp3) is 0.312. The molecule has 1 saturated heterocycles. The van der Waals surface area contributed by atoms with Gasteiger partial charge in [-0.25, -0.2) is 0 Å². The summed E-state index contributed by atoms with van der Waals surface area (Å²) in [5, 5.41) is 3.28. The number of halogens is 3. The Morgan fingerprint density at radius 1 is 1.15 bits per heavy atom. The summed E-state index contributed by atoms with van der Waals surface area (Å²) in [7, 11) is 0. The molecule has 0 N–H and O–H groups in total. The summed E-state index contributed by atoms with van der Waals surface area (Å²) in [6, 6.07) is 6.00. The average Bonchev–Trinajstić information content (AvgIpc) is 3.09. The van der Waals surface area contributed by atoms with Crippen LogP contribution in [0.3, 0.4) is 0 Å². The maximum Gasteiger partial charge on any atom is 0.471 e.